The average molecular weight is 526 g/mol. The zero-order valence-electron chi connectivity index (χ0n) is 20.2. The van der Waals surface area contributed by atoms with Gasteiger partial charge >= 0.3 is 16.1 Å². The Labute approximate surface area is 214 Å². The van der Waals surface area contributed by atoms with E-state index in [-0.39, 0.29) is 16.4 Å². The molecule has 0 N–H and O–H groups in total. The molecule has 3 heterocycles. The second-order valence-electron chi connectivity index (χ2n) is 9.96. The summed E-state index contributed by atoms with van der Waals surface area (Å²) in [5.41, 5.74) is 2.30. The summed E-state index contributed by atoms with van der Waals surface area (Å²) in [5.74, 6) is -1.25. The number of hydrogen-bond donors (Lipinski definition) is 0. The van der Waals surface area contributed by atoms with Gasteiger partial charge in [-0.15, -0.1) is 0 Å². The number of thiazole rings is 1. The smallest absolute Gasteiger partial charge is 0.341 e. The Morgan fingerprint density at radius 3 is 2.69 bits per heavy atom. The molecule has 0 saturated carbocycles. The number of carbonyl (C=O) groups is 1. The van der Waals surface area contributed by atoms with Gasteiger partial charge in [-0.3, -0.25) is 9.36 Å². The lowest BCUT2D eigenvalue weighted by Gasteiger charge is -2.36. The Morgan fingerprint density at radius 2 is 1.94 bits per heavy atom. The molecule has 0 amide bonds. The van der Waals surface area contributed by atoms with Crippen LogP contribution in [0.5, 0.6) is 0 Å². The molecule has 0 spiro atoms. The van der Waals surface area contributed by atoms with Crippen molar-refractivity contribution in [3.8, 4) is 16.4 Å². The summed E-state index contributed by atoms with van der Waals surface area (Å²) < 4.78 is 39.2. The van der Waals surface area contributed by atoms with Crippen molar-refractivity contribution in [2.24, 2.45) is 11.3 Å². The highest BCUT2D eigenvalue weighted by molar-refractivity contribution is 7.87. The van der Waals surface area contributed by atoms with E-state index in [4.69, 9.17) is 8.92 Å². The lowest BCUT2D eigenvalue weighted by Crippen LogP contribution is -2.39. The molecule has 2 aromatic heterocycles. The second-order valence-corrected chi connectivity index (χ2v) is 12.5. The first-order valence-electron chi connectivity index (χ1n) is 11.7. The van der Waals surface area contributed by atoms with Crippen molar-refractivity contribution < 1.29 is 22.1 Å². The topological polar surface area (TPSA) is 100 Å². The first-order chi connectivity index (χ1) is 17.1. The molecule has 2 atom stereocenters. The van der Waals surface area contributed by atoms with Crippen molar-refractivity contribution >= 4 is 37.6 Å². The van der Waals surface area contributed by atoms with Gasteiger partial charge in [-0.05, 0) is 36.5 Å². The Hall–Kier alpha value is -3.08. The van der Waals surface area contributed by atoms with Crippen molar-refractivity contribution in [1.82, 2.24) is 14.5 Å². The fourth-order valence-electron chi connectivity index (χ4n) is 4.18. The van der Waals surface area contributed by atoms with E-state index in [1.165, 1.54) is 23.5 Å². The number of rotatable bonds is 5. The minimum Gasteiger partial charge on any atom is -0.378 e. The van der Waals surface area contributed by atoms with Gasteiger partial charge in [0.2, 0.25) is 0 Å². The van der Waals surface area contributed by atoms with Crippen LogP contribution in [0.15, 0.2) is 66.0 Å². The first kappa shape index (κ1) is 24.6. The number of carbonyl (C=O) groups excluding carboxylic acids is 1. The van der Waals surface area contributed by atoms with Crippen LogP contribution in [0, 0.1) is 11.3 Å². The normalized spacial score (nSPS) is 18.9. The van der Waals surface area contributed by atoms with Crippen molar-refractivity contribution in [2.75, 3.05) is 6.61 Å². The number of hydrogen-bond acceptors (Lipinski definition) is 8. The third-order valence-corrected chi connectivity index (χ3v) is 8.53. The molecule has 1 aliphatic rings. The van der Waals surface area contributed by atoms with Crippen molar-refractivity contribution in [3.63, 3.8) is 0 Å². The average Bonchev–Trinajstić information content (AvgIpc) is 3.51. The summed E-state index contributed by atoms with van der Waals surface area (Å²) in [7, 11) is -4.27. The maximum atomic E-state index is 12.9. The largest absolute Gasteiger partial charge is 0.378 e. The number of ether oxygens (including phenoxy) is 1. The van der Waals surface area contributed by atoms with Crippen LogP contribution in [0.4, 0.5) is 0 Å². The summed E-state index contributed by atoms with van der Waals surface area (Å²) in [6, 6.07) is 14.3. The van der Waals surface area contributed by atoms with Gasteiger partial charge in [0, 0.05) is 18.4 Å². The molecular weight excluding hydrogens is 498 g/mol. The third-order valence-electron chi connectivity index (χ3n) is 6.29. The van der Waals surface area contributed by atoms with Crippen LogP contribution in [0.2, 0.25) is 0 Å². The SMILES string of the molecule is CC(C)(C)C1CC(C(=O)OS(=O)(=O)c2ccc3nc(-n4cnc(-c5ccccc5)c4)sc3c2)CCO1. The summed E-state index contributed by atoms with van der Waals surface area (Å²) in [6.45, 7) is 6.50. The molecule has 1 aliphatic heterocycles. The maximum Gasteiger partial charge on any atom is 0.341 e. The molecule has 5 rings (SSSR count). The Kier molecular flexibility index (Phi) is 6.44. The summed E-state index contributed by atoms with van der Waals surface area (Å²) >= 11 is 1.33. The fraction of sp³-hybridized carbons (Fsp3) is 0.346. The molecular formula is C26H27N3O5S2. The minimum absolute atomic E-state index is 0.0754. The van der Waals surface area contributed by atoms with E-state index in [1.54, 1.807) is 17.0 Å². The number of nitrogens with zero attached hydrogens (tertiary/aromatic N) is 3. The minimum atomic E-state index is -4.27. The maximum absolute atomic E-state index is 12.9. The predicted octanol–water partition coefficient (Wildman–Crippen LogP) is 5.22. The van der Waals surface area contributed by atoms with Crippen LogP contribution < -0.4 is 0 Å². The standard InChI is InChI=1S/C26H27N3O5S2/c1-26(2,3)23-13-18(11-12-33-23)24(30)34-36(31,32)19-9-10-20-22(14-19)35-25(28-20)29-15-21(27-16-29)17-7-5-4-6-8-17/h4-10,14-16,18,23H,11-13H2,1-3H3. The molecule has 2 unspecified atom stereocenters. The lowest BCUT2D eigenvalue weighted by atomic mass is 9.81. The zero-order chi connectivity index (χ0) is 25.5. The number of imidazole rings is 1. The van der Waals surface area contributed by atoms with Gasteiger partial charge < -0.3 is 8.92 Å². The van der Waals surface area contributed by atoms with Crippen molar-refractivity contribution in [1.29, 1.82) is 0 Å². The molecule has 36 heavy (non-hydrogen) atoms. The molecule has 1 saturated heterocycles. The van der Waals surface area contributed by atoms with Crippen LogP contribution in [0.1, 0.15) is 33.6 Å². The fourth-order valence-corrected chi connectivity index (χ4v) is 6.15. The lowest BCUT2D eigenvalue weighted by molar-refractivity contribution is -0.146. The Morgan fingerprint density at radius 1 is 1.17 bits per heavy atom. The van der Waals surface area contributed by atoms with Gasteiger partial charge in [-0.2, -0.15) is 8.42 Å². The zero-order valence-corrected chi connectivity index (χ0v) is 21.9. The molecule has 188 valence electrons. The Bertz CT molecular complexity index is 1500. The summed E-state index contributed by atoms with van der Waals surface area (Å²) in [6.07, 6.45) is 4.30. The molecule has 8 nitrogen and oxygen atoms in total. The van der Waals surface area contributed by atoms with E-state index in [1.807, 2.05) is 57.3 Å². The molecule has 0 aliphatic carbocycles. The van der Waals surface area contributed by atoms with Gasteiger partial charge in [0.1, 0.15) is 11.2 Å². The second kappa shape index (κ2) is 9.42. The first-order valence-corrected chi connectivity index (χ1v) is 13.9. The van der Waals surface area contributed by atoms with Gasteiger partial charge in [0.15, 0.2) is 5.13 Å². The number of aromatic nitrogens is 3. The van der Waals surface area contributed by atoms with E-state index in [2.05, 4.69) is 9.97 Å². The molecule has 4 aromatic rings. The van der Waals surface area contributed by atoms with E-state index < -0.39 is 22.0 Å². The van der Waals surface area contributed by atoms with Gasteiger partial charge in [-0.1, -0.05) is 62.4 Å². The van der Waals surface area contributed by atoms with Crippen molar-refractivity contribution in [3.05, 3.63) is 61.1 Å². The predicted molar refractivity (Wildman–Crippen MR) is 137 cm³/mol. The van der Waals surface area contributed by atoms with E-state index in [0.717, 1.165) is 11.3 Å². The highest BCUT2D eigenvalue weighted by atomic mass is 32.2. The van der Waals surface area contributed by atoms with E-state index >= 15 is 0 Å². The summed E-state index contributed by atoms with van der Waals surface area (Å²) in [5, 5.41) is 0.654. The molecule has 0 bridgehead atoms. The van der Waals surface area contributed by atoms with Crippen LogP contribution >= 0.6 is 11.3 Å². The van der Waals surface area contributed by atoms with E-state index in [9.17, 15) is 13.2 Å². The van der Waals surface area contributed by atoms with Crippen LogP contribution in [-0.4, -0.2) is 41.6 Å². The summed E-state index contributed by atoms with van der Waals surface area (Å²) in [4.78, 5) is 21.7. The Balaban J connectivity index is 1.34. The van der Waals surface area contributed by atoms with Gasteiger partial charge in [0.25, 0.3) is 0 Å². The molecule has 1 fully saturated rings. The number of fused-ring (bicyclic) bond motifs is 1. The number of benzene rings is 2. The quantitative estimate of drug-likeness (QED) is 0.329. The molecule has 2 aromatic carbocycles. The molecule has 0 radical (unpaired) electrons. The van der Waals surface area contributed by atoms with Crippen molar-refractivity contribution in [2.45, 2.75) is 44.6 Å². The van der Waals surface area contributed by atoms with E-state index in [0.29, 0.717) is 34.8 Å². The monoisotopic (exact) mass is 525 g/mol. The van der Waals surface area contributed by atoms with Gasteiger partial charge in [0.05, 0.1) is 27.9 Å². The van der Waals surface area contributed by atoms with Gasteiger partial charge in [-0.25, -0.2) is 9.97 Å². The molecule has 10 heteroatoms. The third kappa shape index (κ3) is 5.07. The highest BCUT2D eigenvalue weighted by Crippen LogP contribution is 2.34. The van der Waals surface area contributed by atoms with Crippen LogP contribution in [0.3, 0.4) is 0 Å². The van der Waals surface area contributed by atoms with Crippen LogP contribution in [-0.2, 0) is 23.8 Å². The van der Waals surface area contributed by atoms with Crippen LogP contribution in [0.25, 0.3) is 26.6 Å². The highest BCUT2D eigenvalue weighted by Gasteiger charge is 2.37.